The second-order valence-electron chi connectivity index (χ2n) is 14.4. The second kappa shape index (κ2) is 17.9. The van der Waals surface area contributed by atoms with Crippen molar-refractivity contribution >= 4 is 38.3 Å². The van der Waals surface area contributed by atoms with E-state index in [2.05, 4.69) is 5.16 Å². The van der Waals surface area contributed by atoms with Gasteiger partial charge in [0.15, 0.2) is 0 Å². The Morgan fingerprint density at radius 3 is 2.20 bits per heavy atom. The Kier molecular flexibility index (Phi) is 14.3. The number of nitrogens with two attached hydrogens (primary N) is 2. The van der Waals surface area contributed by atoms with Gasteiger partial charge in [-0.25, -0.2) is 4.79 Å². The number of aryl methyl sites for hydroxylation is 1. The van der Waals surface area contributed by atoms with E-state index < -0.39 is 76.7 Å². The van der Waals surface area contributed by atoms with Crippen LogP contribution in [0.3, 0.4) is 0 Å². The lowest BCUT2D eigenvalue weighted by Gasteiger charge is -2.36. The number of guanidine groups is 1. The van der Waals surface area contributed by atoms with Gasteiger partial charge in [0.25, 0.3) is 0 Å². The molecule has 19 heteroatoms. The fraction of sp³-hybridized carbons (Fsp3) is 0.444. The molecule has 300 valence electrons. The summed E-state index contributed by atoms with van der Waals surface area (Å²) >= 11 is 0. The van der Waals surface area contributed by atoms with Crippen LogP contribution in [0.1, 0.15) is 59.9 Å². The molecule has 0 aromatic heterocycles. The van der Waals surface area contributed by atoms with Crippen molar-refractivity contribution in [1.82, 2.24) is 4.90 Å². The zero-order valence-electron chi connectivity index (χ0n) is 32.0. The zero-order chi connectivity index (χ0) is 41.2. The zero-order valence-corrected chi connectivity index (χ0v) is 33.6. The maximum absolute atomic E-state index is 15.1. The summed E-state index contributed by atoms with van der Waals surface area (Å²) in [6.07, 6.45) is 2.37. The number of amides is 2. The first kappa shape index (κ1) is 44.1. The highest BCUT2D eigenvalue weighted by molar-refractivity contribution is 7.90. The highest BCUT2D eigenvalue weighted by Crippen LogP contribution is 2.35. The summed E-state index contributed by atoms with van der Waals surface area (Å²) in [5.41, 5.74) is 9.14. The van der Waals surface area contributed by atoms with Gasteiger partial charge in [0, 0.05) is 30.8 Å². The summed E-state index contributed by atoms with van der Waals surface area (Å²) in [7, 11) is -10.1. The Balaban J connectivity index is 2.11. The molecule has 17 nitrogen and oxygen atoms in total. The van der Waals surface area contributed by atoms with Crippen LogP contribution in [0, 0.1) is 18.3 Å². The predicted octanol–water partition coefficient (Wildman–Crippen LogP) is 4.78. The highest BCUT2D eigenvalue weighted by Gasteiger charge is 2.55. The van der Waals surface area contributed by atoms with E-state index in [1.54, 1.807) is 39.8 Å². The summed E-state index contributed by atoms with van der Waals surface area (Å²) in [5, 5.41) is 13.1. The van der Waals surface area contributed by atoms with Gasteiger partial charge in [-0.3, -0.25) is 4.90 Å². The maximum atomic E-state index is 15.1. The molecule has 1 unspecified atom stereocenters. The van der Waals surface area contributed by atoms with Crippen molar-refractivity contribution in [2.24, 2.45) is 16.6 Å². The minimum atomic E-state index is -5.14. The van der Waals surface area contributed by atoms with Crippen LogP contribution < -0.4 is 20.4 Å². The lowest BCUT2D eigenvalue weighted by molar-refractivity contribution is -0.726. The minimum absolute atomic E-state index is 0.0910. The Morgan fingerprint density at radius 2 is 1.58 bits per heavy atom. The molecular formula is C36H49N6O11S2+. The number of carbonyl (C=O) groups excluding carboxylic acids is 2. The Bertz CT molecular complexity index is 2080. The molecule has 0 aliphatic carbocycles. The number of hydrogen-bond acceptors (Lipinski definition) is 13. The molecule has 3 rings (SSSR count). The second-order valence-corrected chi connectivity index (χ2v) is 18.0. The smallest absolute Gasteiger partial charge is 0.493 e. The first-order valence-electron chi connectivity index (χ1n) is 17.1. The fourth-order valence-corrected chi connectivity index (χ4v) is 8.53. The van der Waals surface area contributed by atoms with Crippen LogP contribution in [0.5, 0.6) is 11.5 Å². The molecule has 1 aliphatic rings. The van der Waals surface area contributed by atoms with Crippen LogP contribution in [-0.4, -0.2) is 87.8 Å². The molecule has 55 heavy (non-hydrogen) atoms. The third kappa shape index (κ3) is 12.3. The minimum Gasteiger partial charge on any atom is -0.493 e. The van der Waals surface area contributed by atoms with Crippen molar-refractivity contribution in [2.45, 2.75) is 82.3 Å². The van der Waals surface area contributed by atoms with E-state index in [-0.39, 0.29) is 42.8 Å². The average Bonchev–Trinajstić information content (AvgIpc) is 3.06. The molecule has 0 saturated carbocycles. The molecular weight excluding hydrogens is 757 g/mol. The first-order valence-corrected chi connectivity index (χ1v) is 19.9. The van der Waals surface area contributed by atoms with Crippen LogP contribution in [0.2, 0.25) is 0 Å². The Morgan fingerprint density at radius 1 is 0.945 bits per heavy atom. The molecule has 0 fully saturated rings. The van der Waals surface area contributed by atoms with E-state index in [9.17, 15) is 23.3 Å². The quantitative estimate of drug-likeness (QED) is 0.0615. The van der Waals surface area contributed by atoms with Crippen molar-refractivity contribution in [3.63, 3.8) is 0 Å². The number of quaternary nitrogens is 1. The van der Waals surface area contributed by atoms with Gasteiger partial charge in [-0.2, -0.15) is 26.9 Å². The molecule has 2 aromatic carbocycles. The lowest BCUT2D eigenvalue weighted by Crippen LogP contribution is -2.59. The van der Waals surface area contributed by atoms with E-state index in [0.29, 0.717) is 12.0 Å². The largest absolute Gasteiger partial charge is 0.532 e. The van der Waals surface area contributed by atoms with Gasteiger partial charge >= 0.3 is 32.3 Å². The number of oxime groups is 1. The number of carbonyl (C=O) groups is 2. The van der Waals surface area contributed by atoms with E-state index >= 15 is 8.42 Å². The summed E-state index contributed by atoms with van der Waals surface area (Å²) in [6, 6.07) is 10.9. The number of ether oxygens (including phenoxy) is 3. The first-order chi connectivity index (χ1) is 25.5. The van der Waals surface area contributed by atoms with Gasteiger partial charge in [0.1, 0.15) is 52.2 Å². The monoisotopic (exact) mass is 805 g/mol. The summed E-state index contributed by atoms with van der Waals surface area (Å²) in [4.78, 5) is 31.8. The highest BCUT2D eigenvalue weighted by atomic mass is 32.2. The number of nitriles is 1. The topological polar surface area (TPSA) is 240 Å². The normalized spacial score (nSPS) is 14.4. The van der Waals surface area contributed by atoms with Gasteiger partial charge in [-0.15, -0.1) is 3.89 Å². The van der Waals surface area contributed by atoms with Crippen molar-refractivity contribution in [1.29, 1.82) is 5.26 Å². The van der Waals surface area contributed by atoms with Crippen molar-refractivity contribution < 1.29 is 53.5 Å². The van der Waals surface area contributed by atoms with Gasteiger partial charge in [0.05, 0.1) is 19.1 Å². The van der Waals surface area contributed by atoms with Crippen LogP contribution in [-0.2, 0) is 34.5 Å². The molecule has 2 aromatic rings. The van der Waals surface area contributed by atoms with Crippen molar-refractivity contribution in [2.75, 3.05) is 32.8 Å². The molecule has 1 atom stereocenters. The van der Waals surface area contributed by atoms with E-state index in [1.807, 2.05) is 6.07 Å². The number of nitrogens with zero attached hydrogens (tertiary/aromatic N) is 4. The molecule has 0 bridgehead atoms. The molecule has 1 heterocycles. The van der Waals surface area contributed by atoms with Crippen molar-refractivity contribution in [3.8, 4) is 17.6 Å². The van der Waals surface area contributed by atoms with Gasteiger partial charge in [-0.05, 0) is 83.5 Å². The van der Waals surface area contributed by atoms with Crippen LogP contribution in [0.4, 0.5) is 9.59 Å². The summed E-state index contributed by atoms with van der Waals surface area (Å²) in [5.74, 6) is -0.172. The van der Waals surface area contributed by atoms with E-state index in [1.165, 1.54) is 62.2 Å². The molecule has 0 saturated heterocycles. The van der Waals surface area contributed by atoms with Crippen molar-refractivity contribution in [3.05, 3.63) is 72.0 Å². The molecule has 1 aliphatic heterocycles. The molecule has 4 N–H and O–H groups in total. The van der Waals surface area contributed by atoms with Crippen LogP contribution >= 0.6 is 0 Å². The van der Waals surface area contributed by atoms with Crippen LogP contribution in [0.25, 0.3) is 0 Å². The predicted molar refractivity (Wildman–Crippen MR) is 201 cm³/mol. The van der Waals surface area contributed by atoms with Gasteiger partial charge in [0.2, 0.25) is 5.96 Å². The maximum Gasteiger partial charge on any atom is 0.532 e. The van der Waals surface area contributed by atoms with E-state index in [4.69, 9.17) is 34.7 Å². The third-order valence-corrected chi connectivity index (χ3v) is 11.0. The van der Waals surface area contributed by atoms with Gasteiger partial charge < -0.3 is 34.7 Å². The third-order valence-electron chi connectivity index (χ3n) is 7.24. The molecule has 0 radical (unpaired) electrons. The van der Waals surface area contributed by atoms with Crippen LogP contribution in [0.15, 0.2) is 81.3 Å². The number of sulfonamides is 1. The SMILES string of the molecule is Cc1cc(OCCCON=C(N)N)cc(OS(=O)(=O)c2ccccc2S(=O)(=O)[N+](CCC#N)(CC2=CN(C(=O)OC(C)(C)C)CC=C2)C(=O)OC(C)(C)C)c1. The van der Waals surface area contributed by atoms with Gasteiger partial charge in [-0.1, -0.05) is 24.3 Å². The number of rotatable bonds is 15. The Labute approximate surface area is 322 Å². The average molecular weight is 806 g/mol. The number of benzene rings is 2. The molecule has 2 amide bonds. The van der Waals surface area contributed by atoms with E-state index in [0.717, 1.165) is 12.1 Å². The fourth-order valence-electron chi connectivity index (χ4n) is 5.07. The molecule has 0 spiro atoms. The standard InChI is InChI=1S/C36H49N6O11S2/c1-26-21-28(49-19-12-20-50-40-32(38)39)23-29(22-26)53-55(47,48)31-15-9-8-14-30(31)54(45,46)42(18-11-16-37,34(44)52-36(5,6)7)25-27-13-10-17-41(24-27)33(43)51-35(2,3)4/h8-10,13-15,21-24H,11-12,17-20,25H2,1-7H3,(H4,38,39,40)/q+1. The lowest BCUT2D eigenvalue weighted by atomic mass is 10.2. The summed E-state index contributed by atoms with van der Waals surface area (Å²) < 4.78 is 78.9. The Hall–Kier alpha value is -5.32. The summed E-state index contributed by atoms with van der Waals surface area (Å²) in [6.45, 7) is 10.4. The number of hydrogen-bond donors (Lipinski definition) is 2.